The SMILES string of the molecule is COC(=O)[C@H](CN(Cc1ccccc1)C(=O)OC(C)(C)C)c1ccccc1. The quantitative estimate of drug-likeness (QED) is 0.709. The van der Waals surface area contributed by atoms with E-state index < -0.39 is 17.6 Å². The average molecular weight is 369 g/mol. The molecule has 27 heavy (non-hydrogen) atoms. The normalized spacial score (nSPS) is 12.1. The highest BCUT2D eigenvalue weighted by Crippen LogP contribution is 2.22. The molecule has 0 fully saturated rings. The fourth-order valence-corrected chi connectivity index (χ4v) is 2.70. The molecule has 0 spiro atoms. The number of rotatable bonds is 6. The van der Waals surface area contributed by atoms with E-state index in [2.05, 4.69) is 0 Å². The predicted molar refractivity (Wildman–Crippen MR) is 104 cm³/mol. The smallest absolute Gasteiger partial charge is 0.410 e. The third-order valence-corrected chi connectivity index (χ3v) is 3.96. The van der Waals surface area contributed by atoms with Crippen LogP contribution in [0.4, 0.5) is 4.79 Å². The zero-order valence-corrected chi connectivity index (χ0v) is 16.3. The molecular formula is C22H27NO4. The number of amides is 1. The van der Waals surface area contributed by atoms with Crippen molar-refractivity contribution in [3.63, 3.8) is 0 Å². The Labute approximate surface area is 160 Å². The van der Waals surface area contributed by atoms with Gasteiger partial charge in [0.05, 0.1) is 13.0 Å². The van der Waals surface area contributed by atoms with E-state index in [1.54, 1.807) is 4.90 Å². The lowest BCUT2D eigenvalue weighted by molar-refractivity contribution is -0.142. The van der Waals surface area contributed by atoms with Gasteiger partial charge in [0.1, 0.15) is 5.60 Å². The lowest BCUT2D eigenvalue weighted by Gasteiger charge is -2.30. The molecular weight excluding hydrogens is 342 g/mol. The largest absolute Gasteiger partial charge is 0.468 e. The highest BCUT2D eigenvalue weighted by atomic mass is 16.6. The van der Waals surface area contributed by atoms with Gasteiger partial charge in [0.2, 0.25) is 0 Å². The number of hydrogen-bond donors (Lipinski definition) is 0. The summed E-state index contributed by atoms with van der Waals surface area (Å²) in [5.41, 5.74) is 1.13. The highest BCUT2D eigenvalue weighted by Gasteiger charge is 2.29. The van der Waals surface area contributed by atoms with Gasteiger partial charge >= 0.3 is 12.1 Å². The molecule has 144 valence electrons. The minimum Gasteiger partial charge on any atom is -0.468 e. The Kier molecular flexibility index (Phi) is 6.99. The van der Waals surface area contributed by atoms with Crippen molar-refractivity contribution < 1.29 is 19.1 Å². The third kappa shape index (κ3) is 6.44. The maximum absolute atomic E-state index is 12.8. The van der Waals surface area contributed by atoms with Crippen LogP contribution < -0.4 is 0 Å². The van der Waals surface area contributed by atoms with Crippen LogP contribution in [-0.2, 0) is 20.8 Å². The molecule has 0 heterocycles. The second-order valence-electron chi connectivity index (χ2n) is 7.33. The Morgan fingerprint density at radius 2 is 1.52 bits per heavy atom. The Morgan fingerprint density at radius 3 is 2.04 bits per heavy atom. The topological polar surface area (TPSA) is 55.8 Å². The van der Waals surface area contributed by atoms with Crippen LogP contribution in [0.3, 0.4) is 0 Å². The molecule has 0 aliphatic carbocycles. The van der Waals surface area contributed by atoms with Crippen LogP contribution in [0.25, 0.3) is 0 Å². The van der Waals surface area contributed by atoms with E-state index in [9.17, 15) is 9.59 Å². The summed E-state index contributed by atoms with van der Waals surface area (Å²) < 4.78 is 10.5. The van der Waals surface area contributed by atoms with Crippen LogP contribution in [0.2, 0.25) is 0 Å². The van der Waals surface area contributed by atoms with Crippen molar-refractivity contribution in [3.05, 3.63) is 71.8 Å². The van der Waals surface area contributed by atoms with Crippen molar-refractivity contribution in [3.8, 4) is 0 Å². The monoisotopic (exact) mass is 369 g/mol. The van der Waals surface area contributed by atoms with Gasteiger partial charge in [-0.15, -0.1) is 0 Å². The standard InChI is InChI=1S/C22H27NO4/c1-22(2,3)27-21(25)23(15-17-11-7-5-8-12-17)16-19(20(24)26-4)18-13-9-6-10-14-18/h5-14,19H,15-16H2,1-4H3/t19-/m1/s1. The molecule has 1 atom stereocenters. The van der Waals surface area contributed by atoms with Gasteiger partial charge in [-0.05, 0) is 31.9 Å². The van der Waals surface area contributed by atoms with Gasteiger partial charge in [0.25, 0.3) is 0 Å². The van der Waals surface area contributed by atoms with Crippen LogP contribution in [0, 0.1) is 0 Å². The van der Waals surface area contributed by atoms with E-state index in [1.807, 2.05) is 81.4 Å². The Bertz CT molecular complexity index is 738. The summed E-state index contributed by atoms with van der Waals surface area (Å²) >= 11 is 0. The van der Waals surface area contributed by atoms with Crippen LogP contribution in [0.15, 0.2) is 60.7 Å². The second-order valence-corrected chi connectivity index (χ2v) is 7.33. The lowest BCUT2D eigenvalue weighted by Crippen LogP contribution is -2.40. The summed E-state index contributed by atoms with van der Waals surface area (Å²) in [6.45, 7) is 5.97. The molecule has 0 aromatic heterocycles. The summed E-state index contributed by atoms with van der Waals surface area (Å²) in [4.78, 5) is 26.8. The molecule has 0 N–H and O–H groups in total. The van der Waals surface area contributed by atoms with E-state index in [4.69, 9.17) is 9.47 Å². The van der Waals surface area contributed by atoms with Gasteiger partial charge in [-0.25, -0.2) is 4.79 Å². The Morgan fingerprint density at radius 1 is 0.963 bits per heavy atom. The second kappa shape index (κ2) is 9.21. The molecule has 1 amide bonds. The molecule has 5 nitrogen and oxygen atoms in total. The maximum atomic E-state index is 12.8. The summed E-state index contributed by atoms with van der Waals surface area (Å²) in [5, 5.41) is 0. The van der Waals surface area contributed by atoms with E-state index in [0.29, 0.717) is 6.54 Å². The summed E-state index contributed by atoms with van der Waals surface area (Å²) in [7, 11) is 1.35. The van der Waals surface area contributed by atoms with E-state index in [0.717, 1.165) is 11.1 Å². The predicted octanol–water partition coefficient (Wildman–Crippen LogP) is 4.38. The highest BCUT2D eigenvalue weighted by molar-refractivity contribution is 5.79. The molecule has 2 aromatic rings. The summed E-state index contributed by atoms with van der Waals surface area (Å²) in [6, 6.07) is 18.9. The molecule has 2 rings (SSSR count). The molecule has 0 aliphatic rings. The first kappa shape index (κ1) is 20.5. The lowest BCUT2D eigenvalue weighted by atomic mass is 9.98. The fourth-order valence-electron chi connectivity index (χ4n) is 2.70. The summed E-state index contributed by atoms with van der Waals surface area (Å²) in [5.74, 6) is -0.977. The van der Waals surface area contributed by atoms with Crippen molar-refractivity contribution in [2.75, 3.05) is 13.7 Å². The van der Waals surface area contributed by atoms with E-state index in [-0.39, 0.29) is 12.5 Å². The zero-order chi connectivity index (χ0) is 19.9. The number of carbonyl (C=O) groups excluding carboxylic acids is 2. The van der Waals surface area contributed by atoms with E-state index >= 15 is 0 Å². The minimum atomic E-state index is -0.625. The fraction of sp³-hybridized carbons (Fsp3) is 0.364. The number of ether oxygens (including phenoxy) is 2. The molecule has 0 bridgehead atoms. The molecule has 0 aliphatic heterocycles. The van der Waals surface area contributed by atoms with Crippen LogP contribution in [0.5, 0.6) is 0 Å². The molecule has 5 heteroatoms. The number of benzene rings is 2. The van der Waals surface area contributed by atoms with Gasteiger partial charge in [-0.1, -0.05) is 60.7 Å². The number of hydrogen-bond acceptors (Lipinski definition) is 4. The van der Waals surface area contributed by atoms with Crippen molar-refractivity contribution in [1.82, 2.24) is 4.90 Å². The molecule has 0 saturated carbocycles. The first-order valence-electron chi connectivity index (χ1n) is 8.95. The van der Waals surface area contributed by atoms with Crippen molar-refractivity contribution in [2.24, 2.45) is 0 Å². The van der Waals surface area contributed by atoms with Gasteiger partial charge in [-0.2, -0.15) is 0 Å². The number of carbonyl (C=O) groups is 2. The van der Waals surface area contributed by atoms with Crippen molar-refractivity contribution >= 4 is 12.1 Å². The van der Waals surface area contributed by atoms with Crippen molar-refractivity contribution in [2.45, 2.75) is 38.8 Å². The average Bonchev–Trinajstić information content (AvgIpc) is 2.64. The Balaban J connectivity index is 2.29. The Hall–Kier alpha value is -2.82. The maximum Gasteiger partial charge on any atom is 0.410 e. The van der Waals surface area contributed by atoms with Crippen LogP contribution in [-0.4, -0.2) is 36.2 Å². The van der Waals surface area contributed by atoms with E-state index in [1.165, 1.54) is 7.11 Å². The number of nitrogens with zero attached hydrogens (tertiary/aromatic N) is 1. The third-order valence-electron chi connectivity index (χ3n) is 3.96. The molecule has 0 saturated heterocycles. The van der Waals surface area contributed by atoms with Gasteiger partial charge in [-0.3, -0.25) is 4.79 Å². The molecule has 0 radical (unpaired) electrons. The van der Waals surface area contributed by atoms with Crippen LogP contribution >= 0.6 is 0 Å². The van der Waals surface area contributed by atoms with Crippen molar-refractivity contribution in [1.29, 1.82) is 0 Å². The molecule has 0 unspecified atom stereocenters. The minimum absolute atomic E-state index is 0.167. The van der Waals surface area contributed by atoms with Crippen LogP contribution in [0.1, 0.15) is 37.8 Å². The van der Waals surface area contributed by atoms with Gasteiger partial charge in [0.15, 0.2) is 0 Å². The number of methoxy groups -OCH3 is 1. The zero-order valence-electron chi connectivity index (χ0n) is 16.3. The van der Waals surface area contributed by atoms with Gasteiger partial charge in [0, 0.05) is 13.1 Å². The van der Waals surface area contributed by atoms with Gasteiger partial charge < -0.3 is 14.4 Å². The number of esters is 1. The molecule has 2 aromatic carbocycles. The summed E-state index contributed by atoms with van der Waals surface area (Å²) in [6.07, 6.45) is -0.462. The first-order chi connectivity index (χ1) is 12.8. The first-order valence-corrected chi connectivity index (χ1v) is 8.95.